The number of ether oxygens (including phenoxy) is 1. The van der Waals surface area contributed by atoms with Crippen LogP contribution in [-0.2, 0) is 4.79 Å². The van der Waals surface area contributed by atoms with E-state index in [1.54, 1.807) is 12.1 Å². The number of hydrogen-bond donors (Lipinski definition) is 1. The van der Waals surface area contributed by atoms with E-state index >= 15 is 0 Å². The molecule has 1 N–H and O–H groups in total. The molecule has 148 valence electrons. The molecule has 1 heterocycles. The molecule has 1 aliphatic heterocycles. The number of aryl methyl sites for hydroxylation is 2. The molecule has 0 aromatic heterocycles. The highest BCUT2D eigenvalue weighted by atomic mass is 16.5. The number of amides is 2. The van der Waals surface area contributed by atoms with Gasteiger partial charge < -0.3 is 15.0 Å². The number of benzene rings is 2. The molecule has 0 saturated carbocycles. The summed E-state index contributed by atoms with van der Waals surface area (Å²) in [7, 11) is 0. The van der Waals surface area contributed by atoms with Crippen LogP contribution in [0.5, 0.6) is 5.75 Å². The smallest absolute Gasteiger partial charge is 0.265 e. The largest absolute Gasteiger partial charge is 0.481 e. The van der Waals surface area contributed by atoms with Crippen molar-refractivity contribution >= 4 is 17.5 Å². The second-order valence-electron chi connectivity index (χ2n) is 7.37. The molecule has 3 rings (SSSR count). The summed E-state index contributed by atoms with van der Waals surface area (Å²) in [5.74, 6) is 0.404. The summed E-state index contributed by atoms with van der Waals surface area (Å²) in [6, 6.07) is 13.1. The molecule has 0 aliphatic carbocycles. The molecule has 0 spiro atoms. The van der Waals surface area contributed by atoms with Crippen molar-refractivity contribution in [3.63, 3.8) is 0 Å². The van der Waals surface area contributed by atoms with Gasteiger partial charge in [0, 0.05) is 13.1 Å². The number of carbonyl (C=O) groups is 2. The number of anilines is 1. The van der Waals surface area contributed by atoms with E-state index in [2.05, 4.69) is 11.4 Å². The second-order valence-corrected chi connectivity index (χ2v) is 7.37. The number of hydrogen-bond acceptors (Lipinski definition) is 3. The number of nitrogens with zero attached hydrogens (tertiary/aromatic N) is 1. The molecule has 1 fully saturated rings. The lowest BCUT2D eigenvalue weighted by atomic mass is 10.1. The van der Waals surface area contributed by atoms with Crippen LogP contribution >= 0.6 is 0 Å². The minimum Gasteiger partial charge on any atom is -0.481 e. The van der Waals surface area contributed by atoms with Crippen LogP contribution in [0.15, 0.2) is 42.5 Å². The molecule has 2 aromatic rings. The third-order valence-corrected chi connectivity index (χ3v) is 4.95. The molecule has 1 aliphatic rings. The lowest BCUT2D eigenvalue weighted by Gasteiger charge is -2.21. The predicted molar refractivity (Wildman–Crippen MR) is 111 cm³/mol. The monoisotopic (exact) mass is 380 g/mol. The molecule has 5 heteroatoms. The molecular formula is C23H28N2O3. The number of para-hydroxylation sites is 1. The van der Waals surface area contributed by atoms with Crippen molar-refractivity contribution in [3.05, 3.63) is 59.2 Å². The number of carbonyl (C=O) groups excluding carboxylic acids is 2. The molecular weight excluding hydrogens is 352 g/mol. The standard InChI is InChI=1S/C23H28N2O3/c1-4-21(28-18-14-16(2)13-17(3)15-18)22(26)24-20-10-6-5-9-19(20)23(27)25-11-7-8-12-25/h5-6,9-10,13-15,21H,4,7-8,11-12H2,1-3H3,(H,24,26)/t21-/m1/s1. The van der Waals surface area contributed by atoms with Gasteiger partial charge in [-0.1, -0.05) is 25.1 Å². The highest BCUT2D eigenvalue weighted by Crippen LogP contribution is 2.22. The van der Waals surface area contributed by atoms with Crippen molar-refractivity contribution in [2.24, 2.45) is 0 Å². The summed E-state index contributed by atoms with van der Waals surface area (Å²) in [5.41, 5.74) is 3.24. The van der Waals surface area contributed by atoms with Crippen molar-refractivity contribution in [2.45, 2.75) is 46.1 Å². The first-order chi connectivity index (χ1) is 13.5. The highest BCUT2D eigenvalue weighted by molar-refractivity contribution is 6.04. The lowest BCUT2D eigenvalue weighted by Crippen LogP contribution is -2.34. The Morgan fingerprint density at radius 1 is 1.07 bits per heavy atom. The van der Waals surface area contributed by atoms with Gasteiger partial charge in [-0.2, -0.15) is 0 Å². The first kappa shape index (κ1) is 19.9. The summed E-state index contributed by atoms with van der Waals surface area (Å²) >= 11 is 0. The van der Waals surface area contributed by atoms with Gasteiger partial charge in [0.05, 0.1) is 11.3 Å². The van der Waals surface area contributed by atoms with Gasteiger partial charge in [0.1, 0.15) is 5.75 Å². The van der Waals surface area contributed by atoms with Crippen LogP contribution in [0.1, 0.15) is 47.7 Å². The van der Waals surface area contributed by atoms with Gasteiger partial charge in [0.2, 0.25) is 0 Å². The van der Waals surface area contributed by atoms with E-state index in [4.69, 9.17) is 4.74 Å². The summed E-state index contributed by atoms with van der Waals surface area (Å²) in [4.78, 5) is 27.5. The summed E-state index contributed by atoms with van der Waals surface area (Å²) in [5, 5.41) is 2.90. The average Bonchev–Trinajstić information content (AvgIpc) is 3.20. The lowest BCUT2D eigenvalue weighted by molar-refractivity contribution is -0.122. The van der Waals surface area contributed by atoms with Crippen LogP contribution in [0.3, 0.4) is 0 Å². The van der Waals surface area contributed by atoms with E-state index in [9.17, 15) is 9.59 Å². The fraction of sp³-hybridized carbons (Fsp3) is 0.391. The zero-order valence-electron chi connectivity index (χ0n) is 16.8. The maximum atomic E-state index is 12.9. The van der Waals surface area contributed by atoms with Gasteiger partial charge in [-0.25, -0.2) is 0 Å². The molecule has 2 aromatic carbocycles. The number of nitrogens with one attached hydrogen (secondary N) is 1. The third kappa shape index (κ3) is 4.71. The molecule has 1 saturated heterocycles. The van der Waals surface area contributed by atoms with E-state index < -0.39 is 6.10 Å². The minimum atomic E-state index is -0.629. The molecule has 2 amide bonds. The van der Waals surface area contributed by atoms with Crippen LogP contribution in [0.25, 0.3) is 0 Å². The van der Waals surface area contributed by atoms with E-state index in [1.807, 2.05) is 49.9 Å². The van der Waals surface area contributed by atoms with Crippen molar-refractivity contribution in [1.82, 2.24) is 4.90 Å². The van der Waals surface area contributed by atoms with Crippen LogP contribution in [0.4, 0.5) is 5.69 Å². The van der Waals surface area contributed by atoms with Crippen molar-refractivity contribution < 1.29 is 14.3 Å². The summed E-state index contributed by atoms with van der Waals surface area (Å²) < 4.78 is 5.95. The molecule has 0 bridgehead atoms. The Hall–Kier alpha value is -2.82. The SMILES string of the molecule is CC[C@@H](Oc1cc(C)cc(C)c1)C(=O)Nc1ccccc1C(=O)N1CCCC1. The maximum absolute atomic E-state index is 12.9. The molecule has 1 atom stereocenters. The van der Waals surface area contributed by atoms with Crippen molar-refractivity contribution in [2.75, 3.05) is 18.4 Å². The van der Waals surface area contributed by atoms with Gasteiger partial charge in [0.25, 0.3) is 11.8 Å². The fourth-order valence-corrected chi connectivity index (χ4v) is 3.57. The van der Waals surface area contributed by atoms with Crippen molar-refractivity contribution in [1.29, 1.82) is 0 Å². The highest BCUT2D eigenvalue weighted by Gasteiger charge is 2.24. The Morgan fingerprint density at radius 3 is 2.36 bits per heavy atom. The predicted octanol–water partition coefficient (Wildman–Crippen LogP) is 4.34. The summed E-state index contributed by atoms with van der Waals surface area (Å²) in [6.07, 6.45) is 1.96. The Bertz CT molecular complexity index is 836. The van der Waals surface area contributed by atoms with Gasteiger partial charge in [0.15, 0.2) is 6.10 Å². The van der Waals surface area contributed by atoms with Gasteiger partial charge in [-0.3, -0.25) is 9.59 Å². The number of rotatable bonds is 6. The van der Waals surface area contributed by atoms with E-state index in [1.165, 1.54) is 0 Å². The zero-order chi connectivity index (χ0) is 20.1. The van der Waals surface area contributed by atoms with E-state index in [0.29, 0.717) is 23.4 Å². The van der Waals surface area contributed by atoms with Crippen molar-refractivity contribution in [3.8, 4) is 5.75 Å². The van der Waals surface area contributed by atoms with E-state index in [-0.39, 0.29) is 11.8 Å². The Morgan fingerprint density at radius 2 is 1.71 bits per heavy atom. The zero-order valence-corrected chi connectivity index (χ0v) is 16.8. The molecule has 5 nitrogen and oxygen atoms in total. The first-order valence-electron chi connectivity index (χ1n) is 9.92. The second kappa shape index (κ2) is 8.91. The van der Waals surface area contributed by atoms with Gasteiger partial charge >= 0.3 is 0 Å². The Kier molecular flexibility index (Phi) is 6.34. The van der Waals surface area contributed by atoms with Gasteiger partial charge in [-0.15, -0.1) is 0 Å². The van der Waals surface area contributed by atoms with Crippen LogP contribution in [-0.4, -0.2) is 35.9 Å². The van der Waals surface area contributed by atoms with Gasteiger partial charge in [-0.05, 0) is 68.5 Å². The molecule has 28 heavy (non-hydrogen) atoms. The summed E-state index contributed by atoms with van der Waals surface area (Å²) in [6.45, 7) is 7.46. The fourth-order valence-electron chi connectivity index (χ4n) is 3.57. The van der Waals surface area contributed by atoms with Crippen LogP contribution in [0, 0.1) is 13.8 Å². The quantitative estimate of drug-likeness (QED) is 0.811. The maximum Gasteiger partial charge on any atom is 0.265 e. The molecule has 0 unspecified atom stereocenters. The normalized spacial score (nSPS) is 14.6. The molecule has 0 radical (unpaired) electrons. The first-order valence-corrected chi connectivity index (χ1v) is 9.92. The van der Waals surface area contributed by atoms with Crippen LogP contribution < -0.4 is 10.1 Å². The Balaban J connectivity index is 1.75. The minimum absolute atomic E-state index is 0.0309. The average molecular weight is 380 g/mol. The van der Waals surface area contributed by atoms with E-state index in [0.717, 1.165) is 37.1 Å². The van der Waals surface area contributed by atoms with Crippen LogP contribution in [0.2, 0.25) is 0 Å². The third-order valence-electron chi connectivity index (χ3n) is 4.95. The topological polar surface area (TPSA) is 58.6 Å². The number of likely N-dealkylation sites (tertiary alicyclic amines) is 1. The Labute approximate surface area is 166 Å².